The Bertz CT molecular complexity index is 732. The maximum atomic E-state index is 12.2. The molecule has 1 unspecified atom stereocenters. The molecule has 3 rings (SSSR count). The van der Waals surface area contributed by atoms with Crippen molar-refractivity contribution in [3.05, 3.63) is 56.1 Å². The number of hydrogen-bond acceptors (Lipinski definition) is 3. The van der Waals surface area contributed by atoms with Crippen LogP contribution < -0.4 is 10.2 Å². The second-order valence-electron chi connectivity index (χ2n) is 5.76. The molecule has 0 spiro atoms. The normalized spacial score (nSPS) is 17.0. The van der Waals surface area contributed by atoms with Crippen LogP contribution >= 0.6 is 11.3 Å². The van der Waals surface area contributed by atoms with Crippen LogP contribution in [0.5, 0.6) is 0 Å². The first kappa shape index (κ1) is 15.0. The van der Waals surface area contributed by atoms with Crippen LogP contribution in [0.4, 0.5) is 0 Å². The van der Waals surface area contributed by atoms with Crippen molar-refractivity contribution in [2.24, 2.45) is 0 Å². The third-order valence-corrected chi connectivity index (χ3v) is 5.12. The maximum absolute atomic E-state index is 12.2. The van der Waals surface area contributed by atoms with Gasteiger partial charge in [0.2, 0.25) is 5.91 Å². The molecule has 1 aromatic heterocycles. The highest BCUT2D eigenvalue weighted by atomic mass is 32.1. The Morgan fingerprint density at radius 1 is 1.41 bits per heavy atom. The molecular formula is C17H20N2O2S. The van der Waals surface area contributed by atoms with Crippen LogP contribution in [0.15, 0.2) is 34.4 Å². The molecule has 0 radical (unpaired) electrons. The summed E-state index contributed by atoms with van der Waals surface area (Å²) in [5.41, 5.74) is 3.50. The van der Waals surface area contributed by atoms with Gasteiger partial charge in [0.1, 0.15) is 0 Å². The lowest BCUT2D eigenvalue weighted by atomic mass is 9.88. The van der Waals surface area contributed by atoms with E-state index in [2.05, 4.69) is 23.5 Å². The molecule has 1 aliphatic rings. The Kier molecular flexibility index (Phi) is 4.43. The van der Waals surface area contributed by atoms with E-state index >= 15 is 0 Å². The Hall–Kier alpha value is -1.88. The second-order valence-corrected chi connectivity index (χ2v) is 6.58. The lowest BCUT2D eigenvalue weighted by Gasteiger charge is -2.26. The predicted octanol–water partition coefficient (Wildman–Crippen LogP) is 2.80. The standard InChI is InChI=1S/C17H20N2O2S/c1-12-11-22-17(21)19(12)10-9-16(20)18-15-8-4-6-13-5-2-3-7-14(13)15/h2-3,5,7,11,15H,4,6,8-10H2,1H3,(H,18,20). The molecule has 1 N–H and O–H groups in total. The van der Waals surface area contributed by atoms with E-state index in [1.54, 1.807) is 4.57 Å². The van der Waals surface area contributed by atoms with Crippen molar-refractivity contribution >= 4 is 17.2 Å². The minimum atomic E-state index is 0.00770. The maximum Gasteiger partial charge on any atom is 0.307 e. The largest absolute Gasteiger partial charge is 0.349 e. The number of carbonyl (C=O) groups excluding carboxylic acids is 1. The van der Waals surface area contributed by atoms with Gasteiger partial charge in [-0.1, -0.05) is 35.6 Å². The summed E-state index contributed by atoms with van der Waals surface area (Å²) < 4.78 is 1.67. The number of amides is 1. The lowest BCUT2D eigenvalue weighted by Crippen LogP contribution is -2.32. The van der Waals surface area contributed by atoms with Crippen molar-refractivity contribution in [3.8, 4) is 0 Å². The fourth-order valence-electron chi connectivity index (χ4n) is 3.06. The molecule has 5 heteroatoms. The number of thiazole rings is 1. The van der Waals surface area contributed by atoms with Crippen molar-refractivity contribution in [1.82, 2.24) is 9.88 Å². The molecule has 0 saturated heterocycles. The number of aryl methyl sites for hydroxylation is 2. The summed E-state index contributed by atoms with van der Waals surface area (Å²) in [5, 5.41) is 4.96. The number of fused-ring (bicyclic) bond motifs is 1. The van der Waals surface area contributed by atoms with Crippen molar-refractivity contribution in [3.63, 3.8) is 0 Å². The quantitative estimate of drug-likeness (QED) is 0.943. The zero-order valence-electron chi connectivity index (χ0n) is 12.7. The highest BCUT2D eigenvalue weighted by Gasteiger charge is 2.21. The van der Waals surface area contributed by atoms with Gasteiger partial charge in [0.25, 0.3) is 0 Å². The number of nitrogens with zero attached hydrogens (tertiary/aromatic N) is 1. The van der Waals surface area contributed by atoms with Crippen LogP contribution in [0, 0.1) is 6.92 Å². The molecule has 1 atom stereocenters. The zero-order valence-corrected chi connectivity index (χ0v) is 13.5. The van der Waals surface area contributed by atoms with Gasteiger partial charge in [-0.3, -0.25) is 9.59 Å². The molecule has 1 aromatic carbocycles. The number of nitrogens with one attached hydrogen (secondary N) is 1. The van der Waals surface area contributed by atoms with Gasteiger partial charge in [0, 0.05) is 24.0 Å². The fourth-order valence-corrected chi connectivity index (χ4v) is 3.82. The monoisotopic (exact) mass is 316 g/mol. The Labute approximate surface area is 133 Å². The summed E-state index contributed by atoms with van der Waals surface area (Å²) in [7, 11) is 0. The van der Waals surface area contributed by atoms with Gasteiger partial charge in [-0.15, -0.1) is 0 Å². The number of benzene rings is 1. The molecular weight excluding hydrogens is 296 g/mol. The summed E-state index contributed by atoms with van der Waals surface area (Å²) in [6.07, 6.45) is 3.52. The molecule has 22 heavy (non-hydrogen) atoms. The Morgan fingerprint density at radius 3 is 3.00 bits per heavy atom. The summed E-state index contributed by atoms with van der Waals surface area (Å²) in [5.74, 6) is 0.0132. The molecule has 1 heterocycles. The van der Waals surface area contributed by atoms with Gasteiger partial charge in [-0.25, -0.2) is 0 Å². The van der Waals surface area contributed by atoms with Gasteiger partial charge in [-0.2, -0.15) is 0 Å². The highest BCUT2D eigenvalue weighted by Crippen LogP contribution is 2.29. The van der Waals surface area contributed by atoms with Crippen LogP contribution in [0.25, 0.3) is 0 Å². The first-order valence-corrected chi connectivity index (χ1v) is 8.55. The molecule has 2 aromatic rings. The number of aromatic nitrogens is 1. The first-order valence-electron chi connectivity index (χ1n) is 7.67. The van der Waals surface area contributed by atoms with Gasteiger partial charge in [-0.05, 0) is 37.3 Å². The van der Waals surface area contributed by atoms with E-state index in [1.165, 1.54) is 22.5 Å². The van der Waals surface area contributed by atoms with Gasteiger partial charge in [0.15, 0.2) is 0 Å². The highest BCUT2D eigenvalue weighted by molar-refractivity contribution is 7.07. The van der Waals surface area contributed by atoms with E-state index in [0.717, 1.165) is 25.0 Å². The van der Waals surface area contributed by atoms with Crippen molar-refractivity contribution < 1.29 is 4.79 Å². The first-order chi connectivity index (χ1) is 10.6. The number of rotatable bonds is 4. The molecule has 0 aliphatic heterocycles. The number of carbonyl (C=O) groups is 1. The van der Waals surface area contributed by atoms with Gasteiger partial charge < -0.3 is 9.88 Å². The van der Waals surface area contributed by atoms with Crippen molar-refractivity contribution in [2.45, 2.75) is 45.2 Å². The number of hydrogen-bond donors (Lipinski definition) is 1. The second kappa shape index (κ2) is 6.48. The lowest BCUT2D eigenvalue weighted by molar-refractivity contribution is -0.122. The molecule has 1 amide bonds. The average molecular weight is 316 g/mol. The summed E-state index contributed by atoms with van der Waals surface area (Å²) in [6.45, 7) is 2.35. The van der Waals surface area contributed by atoms with E-state index in [1.807, 2.05) is 18.4 Å². The van der Waals surface area contributed by atoms with Crippen LogP contribution in [0.1, 0.15) is 42.1 Å². The Morgan fingerprint density at radius 2 is 2.23 bits per heavy atom. The van der Waals surface area contributed by atoms with E-state index < -0.39 is 0 Å². The summed E-state index contributed by atoms with van der Waals surface area (Å²) >= 11 is 1.18. The average Bonchev–Trinajstić information content (AvgIpc) is 2.84. The van der Waals surface area contributed by atoms with Crippen LogP contribution in [-0.2, 0) is 17.8 Å². The summed E-state index contributed by atoms with van der Waals surface area (Å²) in [4.78, 5) is 23.9. The SMILES string of the molecule is Cc1csc(=O)n1CCC(=O)NC1CCCc2ccccc21. The Balaban J connectivity index is 1.62. The van der Waals surface area contributed by atoms with Crippen LogP contribution in [0.3, 0.4) is 0 Å². The zero-order chi connectivity index (χ0) is 15.5. The van der Waals surface area contributed by atoms with Crippen molar-refractivity contribution in [1.29, 1.82) is 0 Å². The molecule has 0 fully saturated rings. The van der Waals surface area contributed by atoms with E-state index in [4.69, 9.17) is 0 Å². The van der Waals surface area contributed by atoms with Gasteiger partial charge >= 0.3 is 4.87 Å². The third-order valence-electron chi connectivity index (χ3n) is 4.24. The van der Waals surface area contributed by atoms with E-state index in [-0.39, 0.29) is 16.8 Å². The molecule has 0 saturated carbocycles. The predicted molar refractivity (Wildman–Crippen MR) is 88.2 cm³/mol. The minimum Gasteiger partial charge on any atom is -0.349 e. The van der Waals surface area contributed by atoms with Crippen LogP contribution in [-0.4, -0.2) is 10.5 Å². The molecule has 4 nitrogen and oxygen atoms in total. The third kappa shape index (κ3) is 3.14. The smallest absolute Gasteiger partial charge is 0.307 e. The fraction of sp³-hybridized carbons (Fsp3) is 0.412. The minimum absolute atomic E-state index is 0.00770. The van der Waals surface area contributed by atoms with E-state index in [9.17, 15) is 9.59 Å². The summed E-state index contributed by atoms with van der Waals surface area (Å²) in [6, 6.07) is 8.43. The van der Waals surface area contributed by atoms with Crippen molar-refractivity contribution in [2.75, 3.05) is 0 Å². The van der Waals surface area contributed by atoms with E-state index in [0.29, 0.717) is 13.0 Å². The molecule has 0 bridgehead atoms. The van der Waals surface area contributed by atoms with Gasteiger partial charge in [0.05, 0.1) is 6.04 Å². The van der Waals surface area contributed by atoms with Crippen LogP contribution in [0.2, 0.25) is 0 Å². The molecule has 1 aliphatic carbocycles. The topological polar surface area (TPSA) is 51.1 Å². The molecule has 116 valence electrons.